The lowest BCUT2D eigenvalue weighted by molar-refractivity contribution is 0.249. The molecule has 2 aromatic rings. The Hall–Kier alpha value is -1.41. The summed E-state index contributed by atoms with van der Waals surface area (Å²) in [6, 6.07) is 7.45. The molecule has 0 saturated carbocycles. The van der Waals surface area contributed by atoms with E-state index < -0.39 is 9.84 Å². The summed E-state index contributed by atoms with van der Waals surface area (Å²) in [5.41, 5.74) is 2.55. The molecule has 0 bridgehead atoms. The van der Waals surface area contributed by atoms with E-state index in [2.05, 4.69) is 20.0 Å². The Morgan fingerprint density at radius 2 is 1.74 bits per heavy atom. The van der Waals surface area contributed by atoms with Gasteiger partial charge in [-0.2, -0.15) is 5.10 Å². The van der Waals surface area contributed by atoms with Crippen LogP contribution in [0, 0.1) is 0 Å². The zero-order chi connectivity index (χ0) is 19.0. The molecule has 1 aromatic heterocycles. The molecule has 0 spiro atoms. The highest BCUT2D eigenvalue weighted by Crippen LogP contribution is 2.27. The Labute approximate surface area is 169 Å². The lowest BCUT2D eigenvalue weighted by atomic mass is 10.1. The molecule has 4 rings (SSSR count). The number of aromatic nitrogens is 2. The summed E-state index contributed by atoms with van der Waals surface area (Å²) in [5, 5.41) is 9.96. The standard InChI is InChI=1S/C18H20Cl2N4O2S/c19-15-2-1-3-16(20)14(15)11-23-5-7-24(8-6-23)18-10-13-12-27(25,26)9-4-17(13)21-22-18/h1-3,10H,4-9,11-12H2. The monoisotopic (exact) mass is 426 g/mol. The molecule has 1 saturated heterocycles. The molecule has 6 nitrogen and oxygen atoms in total. The number of fused-ring (bicyclic) bond motifs is 1. The molecule has 1 aromatic carbocycles. The maximum Gasteiger partial charge on any atom is 0.154 e. The molecule has 3 heterocycles. The van der Waals surface area contributed by atoms with Gasteiger partial charge >= 0.3 is 0 Å². The summed E-state index contributed by atoms with van der Waals surface area (Å²) in [4.78, 5) is 4.46. The Kier molecular flexibility index (Phi) is 5.29. The molecular weight excluding hydrogens is 407 g/mol. The Morgan fingerprint density at radius 1 is 1.04 bits per heavy atom. The van der Waals surface area contributed by atoms with Crippen molar-refractivity contribution in [2.24, 2.45) is 0 Å². The van der Waals surface area contributed by atoms with Crippen LogP contribution in [0.15, 0.2) is 24.3 Å². The van der Waals surface area contributed by atoms with Crippen LogP contribution in [0.3, 0.4) is 0 Å². The molecule has 9 heteroatoms. The van der Waals surface area contributed by atoms with Crippen LogP contribution in [0.2, 0.25) is 10.0 Å². The third kappa shape index (κ3) is 4.21. The molecule has 144 valence electrons. The van der Waals surface area contributed by atoms with Gasteiger partial charge in [0, 0.05) is 54.8 Å². The van der Waals surface area contributed by atoms with E-state index in [1.165, 1.54) is 0 Å². The van der Waals surface area contributed by atoms with Crippen molar-refractivity contribution in [1.29, 1.82) is 0 Å². The Morgan fingerprint density at radius 3 is 2.44 bits per heavy atom. The molecular formula is C18H20Cl2N4O2S. The number of anilines is 1. The molecule has 0 radical (unpaired) electrons. The van der Waals surface area contributed by atoms with Crippen molar-refractivity contribution < 1.29 is 8.42 Å². The summed E-state index contributed by atoms with van der Waals surface area (Å²) >= 11 is 12.5. The van der Waals surface area contributed by atoms with Crippen molar-refractivity contribution in [1.82, 2.24) is 15.1 Å². The largest absolute Gasteiger partial charge is 0.353 e. The van der Waals surface area contributed by atoms with E-state index in [-0.39, 0.29) is 11.5 Å². The van der Waals surface area contributed by atoms with E-state index in [4.69, 9.17) is 23.2 Å². The van der Waals surface area contributed by atoms with Gasteiger partial charge in [-0.1, -0.05) is 29.3 Å². The lowest BCUT2D eigenvalue weighted by Gasteiger charge is -2.35. The van der Waals surface area contributed by atoms with Gasteiger partial charge in [0.05, 0.1) is 17.2 Å². The second-order valence-electron chi connectivity index (χ2n) is 6.98. The smallest absolute Gasteiger partial charge is 0.154 e. The first-order valence-electron chi connectivity index (χ1n) is 8.87. The zero-order valence-corrected chi connectivity index (χ0v) is 17.1. The molecule has 0 atom stereocenters. The lowest BCUT2D eigenvalue weighted by Crippen LogP contribution is -2.46. The molecule has 1 fully saturated rings. The highest BCUT2D eigenvalue weighted by atomic mass is 35.5. The van der Waals surface area contributed by atoms with E-state index in [1.807, 2.05) is 24.3 Å². The van der Waals surface area contributed by atoms with Crippen LogP contribution >= 0.6 is 23.2 Å². The molecule has 0 amide bonds. The van der Waals surface area contributed by atoms with Gasteiger partial charge < -0.3 is 4.90 Å². The van der Waals surface area contributed by atoms with Crippen LogP contribution in [-0.4, -0.2) is 55.4 Å². The molecule has 2 aliphatic heterocycles. The van der Waals surface area contributed by atoms with E-state index in [0.29, 0.717) is 23.0 Å². The van der Waals surface area contributed by atoms with Crippen molar-refractivity contribution >= 4 is 38.9 Å². The number of piperazine rings is 1. The first kappa shape index (κ1) is 18.9. The van der Waals surface area contributed by atoms with Crippen molar-refractivity contribution in [2.75, 3.05) is 36.8 Å². The fraction of sp³-hybridized carbons (Fsp3) is 0.444. The van der Waals surface area contributed by atoms with Gasteiger partial charge in [-0.15, -0.1) is 5.10 Å². The van der Waals surface area contributed by atoms with Gasteiger partial charge in [-0.3, -0.25) is 4.90 Å². The molecule has 2 aliphatic rings. The first-order valence-corrected chi connectivity index (χ1v) is 11.4. The maximum atomic E-state index is 11.9. The Balaban J connectivity index is 1.43. The normalized spacial score (nSPS) is 19.7. The van der Waals surface area contributed by atoms with Crippen LogP contribution in [0.4, 0.5) is 5.82 Å². The van der Waals surface area contributed by atoms with E-state index in [1.54, 1.807) is 0 Å². The number of halogens is 2. The Bertz CT molecular complexity index is 940. The van der Waals surface area contributed by atoms with Gasteiger partial charge in [0.25, 0.3) is 0 Å². The summed E-state index contributed by atoms with van der Waals surface area (Å²) in [7, 11) is -3.01. The number of aryl methyl sites for hydroxylation is 1. The molecule has 27 heavy (non-hydrogen) atoms. The second-order valence-corrected chi connectivity index (χ2v) is 9.98. The van der Waals surface area contributed by atoms with E-state index in [9.17, 15) is 8.42 Å². The topological polar surface area (TPSA) is 66.4 Å². The van der Waals surface area contributed by atoms with E-state index in [0.717, 1.165) is 48.8 Å². The number of hydrogen-bond acceptors (Lipinski definition) is 6. The summed E-state index contributed by atoms with van der Waals surface area (Å²) in [6.45, 7) is 3.99. The fourth-order valence-corrected chi connectivity index (χ4v) is 5.43. The highest BCUT2D eigenvalue weighted by molar-refractivity contribution is 7.90. The fourth-order valence-electron chi connectivity index (χ4n) is 3.54. The van der Waals surface area contributed by atoms with Crippen LogP contribution in [0.1, 0.15) is 16.8 Å². The quantitative estimate of drug-likeness (QED) is 0.750. The van der Waals surface area contributed by atoms with Gasteiger partial charge in [0.15, 0.2) is 15.7 Å². The van der Waals surface area contributed by atoms with Crippen LogP contribution in [-0.2, 0) is 28.6 Å². The average Bonchev–Trinajstić information content (AvgIpc) is 2.64. The van der Waals surface area contributed by atoms with Crippen molar-refractivity contribution in [3.8, 4) is 0 Å². The number of benzene rings is 1. The van der Waals surface area contributed by atoms with Crippen LogP contribution < -0.4 is 4.90 Å². The second kappa shape index (κ2) is 7.54. The molecule has 0 N–H and O–H groups in total. The van der Waals surface area contributed by atoms with Gasteiger partial charge in [0.1, 0.15) is 0 Å². The third-order valence-electron chi connectivity index (χ3n) is 5.11. The zero-order valence-electron chi connectivity index (χ0n) is 14.7. The summed E-state index contributed by atoms with van der Waals surface area (Å²) in [5.74, 6) is 0.980. The molecule has 0 aliphatic carbocycles. The number of hydrogen-bond donors (Lipinski definition) is 0. The van der Waals surface area contributed by atoms with Crippen molar-refractivity contribution in [3.63, 3.8) is 0 Å². The van der Waals surface area contributed by atoms with Gasteiger partial charge in [-0.05, 0) is 23.8 Å². The number of nitrogens with zero attached hydrogens (tertiary/aromatic N) is 4. The third-order valence-corrected chi connectivity index (χ3v) is 7.40. The minimum absolute atomic E-state index is 0.0653. The number of sulfone groups is 1. The maximum absolute atomic E-state index is 11.9. The minimum atomic E-state index is -3.01. The minimum Gasteiger partial charge on any atom is -0.353 e. The average molecular weight is 427 g/mol. The first-order chi connectivity index (χ1) is 12.9. The van der Waals surface area contributed by atoms with Crippen molar-refractivity contribution in [2.45, 2.75) is 18.7 Å². The van der Waals surface area contributed by atoms with E-state index >= 15 is 0 Å². The van der Waals surface area contributed by atoms with Gasteiger partial charge in [-0.25, -0.2) is 8.42 Å². The SMILES string of the molecule is O=S1(=O)CCc2nnc(N3CCN(Cc4c(Cl)cccc4Cl)CC3)cc2C1. The number of rotatable bonds is 3. The van der Waals surface area contributed by atoms with Gasteiger partial charge in [0.2, 0.25) is 0 Å². The van der Waals surface area contributed by atoms with Crippen molar-refractivity contribution in [3.05, 3.63) is 51.1 Å². The predicted molar refractivity (Wildman–Crippen MR) is 107 cm³/mol. The molecule has 0 unspecified atom stereocenters. The highest BCUT2D eigenvalue weighted by Gasteiger charge is 2.25. The summed E-state index contributed by atoms with van der Waals surface area (Å²) in [6.07, 6.45) is 0.456. The summed E-state index contributed by atoms with van der Waals surface area (Å²) < 4.78 is 23.8. The van der Waals surface area contributed by atoms with Crippen LogP contribution in [0.25, 0.3) is 0 Å². The van der Waals surface area contributed by atoms with Crippen LogP contribution in [0.5, 0.6) is 0 Å². The predicted octanol–water partition coefficient (Wildman–Crippen LogP) is 2.58.